The number of nitrogens with two attached hydrogens (primary N) is 2. The number of anilines is 2. The van der Waals surface area contributed by atoms with Gasteiger partial charge in [0, 0.05) is 32.2 Å². The Morgan fingerprint density at radius 2 is 1.91 bits per heavy atom. The van der Waals surface area contributed by atoms with Crippen molar-refractivity contribution < 1.29 is 20.2 Å². The van der Waals surface area contributed by atoms with Crippen molar-refractivity contribution in [3.8, 4) is 0 Å². The third kappa shape index (κ3) is 4.40. The number of nitrogen functional groups attached to an aromatic ring is 1. The lowest BCUT2D eigenvalue weighted by molar-refractivity contribution is -0.825. The number of benzene rings is 1. The number of carbonyl (C=O) groups excluding carboxylic acids is 1. The number of hydrogen-bond donors (Lipinski definition) is 3. The van der Waals surface area contributed by atoms with Crippen LogP contribution in [0.15, 0.2) is 12.1 Å². The van der Waals surface area contributed by atoms with Crippen LogP contribution in [0, 0.1) is 0 Å². The van der Waals surface area contributed by atoms with Gasteiger partial charge in [0.2, 0.25) is 0 Å². The van der Waals surface area contributed by atoms with E-state index in [0.29, 0.717) is 42.6 Å². The van der Waals surface area contributed by atoms with Crippen LogP contribution >= 0.6 is 11.6 Å². The van der Waals surface area contributed by atoms with Gasteiger partial charge >= 0.3 is 6.09 Å². The van der Waals surface area contributed by atoms with Gasteiger partial charge in [-0.1, -0.05) is 11.6 Å². The van der Waals surface area contributed by atoms with Crippen LogP contribution in [0.2, 0.25) is 5.02 Å². The van der Waals surface area contributed by atoms with Gasteiger partial charge in [0.1, 0.15) is 5.60 Å². The fourth-order valence-electron chi connectivity index (χ4n) is 2.40. The van der Waals surface area contributed by atoms with Crippen molar-refractivity contribution in [1.29, 1.82) is 0 Å². The lowest BCUT2D eigenvalue weighted by Gasteiger charge is -2.37. The molecule has 1 saturated heterocycles. The molecule has 5 N–H and O–H groups in total. The summed E-state index contributed by atoms with van der Waals surface area (Å²) < 4.78 is 5.38. The number of ether oxygens (including phenoxy) is 1. The van der Waals surface area contributed by atoms with Gasteiger partial charge in [0.25, 0.3) is 0 Å². The molecule has 1 aromatic rings. The molecule has 7 nitrogen and oxygen atoms in total. The Morgan fingerprint density at radius 3 is 2.43 bits per heavy atom. The third-order valence-corrected chi connectivity index (χ3v) is 3.87. The van der Waals surface area contributed by atoms with Gasteiger partial charge < -0.3 is 20.3 Å². The summed E-state index contributed by atoms with van der Waals surface area (Å²) >= 11 is 6.27. The monoisotopic (exact) mass is 343 g/mol. The van der Waals surface area contributed by atoms with Crippen LogP contribution in [-0.4, -0.2) is 48.0 Å². The second kappa shape index (κ2) is 6.82. The van der Waals surface area contributed by atoms with Gasteiger partial charge in [-0.3, -0.25) is 0 Å². The minimum absolute atomic E-state index is 0.298. The molecule has 0 spiro atoms. The van der Waals surface area contributed by atoms with Crippen LogP contribution in [0.5, 0.6) is 0 Å². The molecule has 1 aliphatic heterocycles. The molecule has 1 fully saturated rings. The van der Waals surface area contributed by atoms with Gasteiger partial charge in [-0.2, -0.15) is 5.48 Å². The number of halogens is 1. The molecule has 1 aromatic carbocycles. The largest absolute Gasteiger partial charge is 0.444 e. The molecular formula is C15H24ClN4O3+. The Kier molecular flexibility index (Phi) is 5.23. The molecule has 0 aliphatic carbocycles. The number of piperazine rings is 1. The highest BCUT2D eigenvalue weighted by molar-refractivity contribution is 6.33. The highest BCUT2D eigenvalue weighted by Gasteiger charge is 2.27. The first kappa shape index (κ1) is 17.7. The summed E-state index contributed by atoms with van der Waals surface area (Å²) in [6.45, 7) is 7.94. The number of rotatable bonds is 2. The van der Waals surface area contributed by atoms with E-state index in [9.17, 15) is 4.79 Å². The molecule has 128 valence electrons. The summed E-state index contributed by atoms with van der Waals surface area (Å²) in [5.41, 5.74) is 8.09. The van der Waals surface area contributed by atoms with Gasteiger partial charge in [-0.05, 0) is 26.8 Å². The average molecular weight is 344 g/mol. The van der Waals surface area contributed by atoms with Crippen molar-refractivity contribution in [1.82, 2.24) is 4.90 Å². The molecule has 0 atom stereocenters. The van der Waals surface area contributed by atoms with E-state index in [4.69, 9.17) is 27.3 Å². The van der Waals surface area contributed by atoms with Crippen LogP contribution in [0.3, 0.4) is 0 Å². The molecule has 2 rings (SSSR count). The summed E-state index contributed by atoms with van der Waals surface area (Å²) in [6.07, 6.45) is -0.298. The molecule has 0 aromatic heterocycles. The van der Waals surface area contributed by atoms with E-state index < -0.39 is 5.60 Å². The van der Waals surface area contributed by atoms with Gasteiger partial charge in [0.15, 0.2) is 5.69 Å². The van der Waals surface area contributed by atoms with Crippen molar-refractivity contribution in [3.05, 3.63) is 17.2 Å². The van der Waals surface area contributed by atoms with E-state index in [-0.39, 0.29) is 6.09 Å². The van der Waals surface area contributed by atoms with Gasteiger partial charge in [-0.15, -0.1) is 0 Å². The predicted octanol–water partition coefficient (Wildman–Crippen LogP) is 1.56. The second-order valence-electron chi connectivity index (χ2n) is 6.52. The Hall–Kier alpha value is -1.70. The first-order chi connectivity index (χ1) is 10.7. The smallest absolute Gasteiger partial charge is 0.410 e. The minimum atomic E-state index is -0.497. The van der Waals surface area contributed by atoms with Crippen LogP contribution in [0.1, 0.15) is 20.8 Å². The highest BCUT2D eigenvalue weighted by Crippen LogP contribution is 2.32. The molecule has 8 heteroatoms. The molecular weight excluding hydrogens is 320 g/mol. The number of hydrogen-bond acceptors (Lipinski definition) is 5. The predicted molar refractivity (Wildman–Crippen MR) is 89.3 cm³/mol. The molecule has 0 radical (unpaired) electrons. The normalized spacial score (nSPS) is 15.7. The summed E-state index contributed by atoms with van der Waals surface area (Å²) in [7, 11) is 0. The maximum absolute atomic E-state index is 12.1. The average Bonchev–Trinajstić information content (AvgIpc) is 2.47. The van der Waals surface area contributed by atoms with Gasteiger partial charge in [0.05, 0.1) is 16.4 Å². The van der Waals surface area contributed by atoms with E-state index in [1.165, 1.54) is 0 Å². The fourth-order valence-corrected chi connectivity index (χ4v) is 2.70. The van der Waals surface area contributed by atoms with Crippen LogP contribution in [0.25, 0.3) is 0 Å². The molecule has 0 unspecified atom stereocenters. The first-order valence-corrected chi connectivity index (χ1v) is 7.88. The Balaban J connectivity index is 2.02. The molecule has 1 heterocycles. The fraction of sp³-hybridized carbons (Fsp3) is 0.533. The van der Waals surface area contributed by atoms with E-state index in [1.807, 2.05) is 20.8 Å². The maximum atomic E-state index is 12.1. The highest BCUT2D eigenvalue weighted by atomic mass is 35.5. The Bertz CT molecular complexity index is 581. The zero-order chi connectivity index (χ0) is 17.2. The number of quaternary nitrogens is 1. The third-order valence-electron chi connectivity index (χ3n) is 3.56. The Morgan fingerprint density at radius 1 is 1.30 bits per heavy atom. The van der Waals surface area contributed by atoms with Crippen molar-refractivity contribution >= 4 is 34.8 Å². The number of carbonyl (C=O) groups is 1. The zero-order valence-corrected chi connectivity index (χ0v) is 14.4. The standard InChI is InChI=1S/C15H23ClN4O3/c1-15(2,3)23-14(21)20-6-4-19(5-7-20)13-9-11(17)12(18-22)8-10(13)16/h8-9,18,22H,4-7,17H2,1-3H3/p+1. The second-order valence-corrected chi connectivity index (χ2v) is 6.92. The summed E-state index contributed by atoms with van der Waals surface area (Å²) in [5.74, 6) is 0. The lowest BCUT2D eigenvalue weighted by Crippen LogP contribution is -2.74. The van der Waals surface area contributed by atoms with Crippen molar-refractivity contribution in [2.24, 2.45) is 0 Å². The van der Waals surface area contributed by atoms with E-state index in [1.54, 1.807) is 17.0 Å². The van der Waals surface area contributed by atoms with Crippen molar-refractivity contribution in [3.63, 3.8) is 0 Å². The minimum Gasteiger partial charge on any atom is -0.444 e. The van der Waals surface area contributed by atoms with E-state index in [2.05, 4.69) is 4.90 Å². The summed E-state index contributed by atoms with van der Waals surface area (Å²) in [5, 5.41) is 9.62. The topological polar surface area (TPSA) is 95.6 Å². The SMILES string of the molecule is CC(C)(C)OC(=O)N1CCN(c2cc(N)c([NH2+]O)cc2Cl)CC1. The van der Waals surface area contributed by atoms with E-state index >= 15 is 0 Å². The van der Waals surface area contributed by atoms with Gasteiger partial charge in [-0.25, -0.2) is 10.0 Å². The van der Waals surface area contributed by atoms with E-state index in [0.717, 1.165) is 11.2 Å². The quantitative estimate of drug-likeness (QED) is 0.559. The molecule has 23 heavy (non-hydrogen) atoms. The number of amides is 1. The maximum Gasteiger partial charge on any atom is 0.410 e. The summed E-state index contributed by atoms with van der Waals surface area (Å²) in [4.78, 5) is 15.8. The van der Waals surface area contributed by atoms with Crippen molar-refractivity contribution in [2.75, 3.05) is 36.8 Å². The van der Waals surface area contributed by atoms with Crippen molar-refractivity contribution in [2.45, 2.75) is 26.4 Å². The lowest BCUT2D eigenvalue weighted by atomic mass is 10.2. The van der Waals surface area contributed by atoms with Crippen LogP contribution < -0.4 is 16.1 Å². The molecule has 0 bridgehead atoms. The molecule has 1 amide bonds. The number of nitrogens with zero attached hydrogens (tertiary/aromatic N) is 2. The zero-order valence-electron chi connectivity index (χ0n) is 13.7. The molecule has 1 aliphatic rings. The Labute approximate surface area is 140 Å². The van der Waals surface area contributed by atoms with Crippen LogP contribution in [-0.2, 0) is 4.74 Å². The molecule has 0 saturated carbocycles. The first-order valence-electron chi connectivity index (χ1n) is 7.50. The summed E-state index contributed by atoms with van der Waals surface area (Å²) in [6, 6.07) is 3.37. The van der Waals surface area contributed by atoms with Crippen LogP contribution in [0.4, 0.5) is 21.9 Å².